The fourth-order valence-electron chi connectivity index (χ4n) is 2.13. The fraction of sp³-hybridized carbons (Fsp3) is 0.583. The molecule has 1 aliphatic heterocycles. The van der Waals surface area contributed by atoms with Crippen LogP contribution in [0.2, 0.25) is 0 Å². The highest BCUT2D eigenvalue weighted by Gasteiger charge is 2.30. The third-order valence-corrected chi connectivity index (χ3v) is 4.98. The van der Waals surface area contributed by atoms with Crippen LogP contribution in [0.3, 0.4) is 0 Å². The number of hydrogen-bond donors (Lipinski definition) is 0. The summed E-state index contributed by atoms with van der Waals surface area (Å²) in [6.45, 7) is 4.83. The quantitative estimate of drug-likeness (QED) is 0.757. The zero-order valence-corrected chi connectivity index (χ0v) is 12.8. The molecule has 1 aromatic heterocycles. The first-order chi connectivity index (χ1) is 9.96. The zero-order valence-electron chi connectivity index (χ0n) is 12.0. The molecule has 0 N–H and O–H groups in total. The van der Waals surface area contributed by atoms with Crippen molar-refractivity contribution in [1.82, 2.24) is 24.0 Å². The lowest BCUT2D eigenvalue weighted by molar-refractivity contribution is 0.211. The summed E-state index contributed by atoms with van der Waals surface area (Å²) in [5.41, 5.74) is 0. The molecule has 0 saturated carbocycles. The maximum atomic E-state index is 12.4. The van der Waals surface area contributed by atoms with Gasteiger partial charge in [0.05, 0.1) is 0 Å². The lowest BCUT2D eigenvalue weighted by Gasteiger charge is -2.24. The second-order valence-electron chi connectivity index (χ2n) is 4.89. The van der Waals surface area contributed by atoms with Gasteiger partial charge in [-0.05, 0) is 12.8 Å². The van der Waals surface area contributed by atoms with E-state index >= 15 is 0 Å². The third kappa shape index (κ3) is 3.30. The van der Waals surface area contributed by atoms with Crippen LogP contribution in [-0.2, 0) is 10.0 Å². The van der Waals surface area contributed by atoms with Crippen molar-refractivity contribution in [3.05, 3.63) is 19.0 Å². The van der Waals surface area contributed by atoms with Crippen LogP contribution in [0.25, 0.3) is 0 Å². The van der Waals surface area contributed by atoms with Gasteiger partial charge >= 0.3 is 6.03 Å². The van der Waals surface area contributed by atoms with Crippen LogP contribution < -0.4 is 0 Å². The molecule has 0 unspecified atom stereocenters. The van der Waals surface area contributed by atoms with Crippen LogP contribution in [0.15, 0.2) is 24.1 Å². The van der Waals surface area contributed by atoms with Crippen LogP contribution in [0.1, 0.15) is 19.3 Å². The van der Waals surface area contributed by atoms with Gasteiger partial charge in [0.2, 0.25) is 0 Å². The summed E-state index contributed by atoms with van der Waals surface area (Å²) < 4.78 is 27.0. The van der Waals surface area contributed by atoms with Gasteiger partial charge < -0.3 is 4.90 Å². The maximum Gasteiger partial charge on any atom is 0.346 e. The van der Waals surface area contributed by atoms with E-state index in [2.05, 4.69) is 16.7 Å². The minimum Gasteiger partial charge on any atom is -0.322 e. The molecule has 2 rings (SSSR count). The van der Waals surface area contributed by atoms with E-state index in [9.17, 15) is 13.2 Å². The van der Waals surface area contributed by atoms with Crippen LogP contribution >= 0.6 is 0 Å². The number of sulfonamides is 1. The van der Waals surface area contributed by atoms with Gasteiger partial charge in [-0.25, -0.2) is 18.2 Å². The Labute approximate surface area is 124 Å². The second-order valence-corrected chi connectivity index (χ2v) is 6.72. The molecule has 9 heteroatoms. The monoisotopic (exact) mass is 313 g/mol. The molecular weight excluding hydrogens is 294 g/mol. The maximum absolute atomic E-state index is 12.4. The van der Waals surface area contributed by atoms with E-state index in [1.807, 2.05) is 0 Å². The SMILES string of the molecule is C=CCN(C)C(=O)n1cnc(S(=O)(=O)N2CCCCC2)n1. The summed E-state index contributed by atoms with van der Waals surface area (Å²) in [6.07, 6.45) is 5.39. The Bertz CT molecular complexity index is 619. The van der Waals surface area contributed by atoms with Crippen molar-refractivity contribution in [2.75, 3.05) is 26.7 Å². The second kappa shape index (κ2) is 6.35. The number of likely N-dealkylation sites (N-methyl/N-ethyl adjacent to an activating group) is 1. The Hall–Kier alpha value is -1.74. The first-order valence-electron chi connectivity index (χ1n) is 6.75. The molecule has 0 aliphatic carbocycles. The van der Waals surface area contributed by atoms with Crippen molar-refractivity contribution >= 4 is 16.1 Å². The number of hydrogen-bond acceptors (Lipinski definition) is 5. The average molecular weight is 313 g/mol. The average Bonchev–Trinajstić information content (AvgIpc) is 2.98. The predicted molar refractivity (Wildman–Crippen MR) is 76.3 cm³/mol. The molecule has 1 saturated heterocycles. The molecule has 0 spiro atoms. The molecule has 2 heterocycles. The van der Waals surface area contributed by atoms with Gasteiger partial charge in [-0.2, -0.15) is 8.99 Å². The van der Waals surface area contributed by atoms with Crippen molar-refractivity contribution in [3.63, 3.8) is 0 Å². The molecule has 0 radical (unpaired) electrons. The summed E-state index contributed by atoms with van der Waals surface area (Å²) in [5, 5.41) is 3.48. The van der Waals surface area contributed by atoms with E-state index in [0.29, 0.717) is 19.6 Å². The zero-order chi connectivity index (χ0) is 15.5. The van der Waals surface area contributed by atoms with E-state index in [4.69, 9.17) is 0 Å². The van der Waals surface area contributed by atoms with Crippen molar-refractivity contribution in [2.45, 2.75) is 24.4 Å². The van der Waals surface area contributed by atoms with Gasteiger partial charge in [0.15, 0.2) is 0 Å². The predicted octanol–water partition coefficient (Wildman–Crippen LogP) is 0.539. The van der Waals surface area contributed by atoms with Gasteiger partial charge in [0, 0.05) is 26.7 Å². The van der Waals surface area contributed by atoms with Crippen molar-refractivity contribution in [3.8, 4) is 0 Å². The summed E-state index contributed by atoms with van der Waals surface area (Å²) >= 11 is 0. The largest absolute Gasteiger partial charge is 0.346 e. The smallest absolute Gasteiger partial charge is 0.322 e. The number of amides is 1. The Morgan fingerprint density at radius 1 is 1.43 bits per heavy atom. The van der Waals surface area contributed by atoms with Gasteiger partial charge in [-0.15, -0.1) is 11.7 Å². The molecule has 0 atom stereocenters. The third-order valence-electron chi connectivity index (χ3n) is 3.28. The normalized spacial score (nSPS) is 16.6. The van der Waals surface area contributed by atoms with Crippen LogP contribution in [0.5, 0.6) is 0 Å². The first-order valence-corrected chi connectivity index (χ1v) is 8.19. The Kier molecular flexibility index (Phi) is 4.73. The summed E-state index contributed by atoms with van der Waals surface area (Å²) in [4.78, 5) is 17.1. The summed E-state index contributed by atoms with van der Waals surface area (Å²) in [7, 11) is -2.14. The van der Waals surface area contributed by atoms with Crippen molar-refractivity contribution in [2.24, 2.45) is 0 Å². The minimum absolute atomic E-state index is 0.329. The number of rotatable bonds is 4. The summed E-state index contributed by atoms with van der Waals surface area (Å²) in [6, 6.07) is -0.456. The lowest BCUT2D eigenvalue weighted by Crippen LogP contribution is -2.36. The number of nitrogens with zero attached hydrogens (tertiary/aromatic N) is 5. The topological polar surface area (TPSA) is 88.4 Å². The van der Waals surface area contributed by atoms with Crippen LogP contribution in [0.4, 0.5) is 4.79 Å². The van der Waals surface area contributed by atoms with Crippen molar-refractivity contribution in [1.29, 1.82) is 0 Å². The molecule has 1 fully saturated rings. The minimum atomic E-state index is -3.71. The molecule has 116 valence electrons. The molecule has 8 nitrogen and oxygen atoms in total. The standard InChI is InChI=1S/C12H19N5O3S/c1-3-7-15(2)12(18)17-10-13-11(14-17)21(19,20)16-8-5-4-6-9-16/h3,10H,1,4-9H2,2H3. The van der Waals surface area contributed by atoms with Gasteiger partial charge in [0.1, 0.15) is 6.33 Å². The highest BCUT2D eigenvalue weighted by atomic mass is 32.2. The highest BCUT2D eigenvalue weighted by molar-refractivity contribution is 7.88. The fourth-order valence-corrected chi connectivity index (χ4v) is 3.47. The molecule has 21 heavy (non-hydrogen) atoms. The number of piperidine rings is 1. The highest BCUT2D eigenvalue weighted by Crippen LogP contribution is 2.17. The van der Waals surface area contributed by atoms with E-state index in [0.717, 1.165) is 30.3 Å². The van der Waals surface area contributed by atoms with E-state index in [1.54, 1.807) is 13.1 Å². The lowest BCUT2D eigenvalue weighted by atomic mass is 10.2. The Morgan fingerprint density at radius 3 is 2.71 bits per heavy atom. The molecule has 1 amide bonds. The van der Waals surface area contributed by atoms with Crippen LogP contribution in [0, 0.1) is 0 Å². The Balaban J connectivity index is 2.18. The van der Waals surface area contributed by atoms with E-state index < -0.39 is 16.1 Å². The molecule has 1 aromatic rings. The Morgan fingerprint density at radius 2 is 2.10 bits per heavy atom. The summed E-state index contributed by atoms with van der Waals surface area (Å²) in [5.74, 6) is 0. The molecule has 0 aromatic carbocycles. The number of carbonyl (C=O) groups excluding carboxylic acids is 1. The molecule has 0 bridgehead atoms. The van der Waals surface area contributed by atoms with Gasteiger partial charge in [0.25, 0.3) is 15.2 Å². The van der Waals surface area contributed by atoms with E-state index in [1.165, 1.54) is 9.21 Å². The van der Waals surface area contributed by atoms with Gasteiger partial charge in [-0.3, -0.25) is 0 Å². The molecular formula is C12H19N5O3S. The van der Waals surface area contributed by atoms with Crippen LogP contribution in [-0.4, -0.2) is 65.1 Å². The van der Waals surface area contributed by atoms with E-state index in [-0.39, 0.29) is 5.16 Å². The van der Waals surface area contributed by atoms with Gasteiger partial charge in [-0.1, -0.05) is 12.5 Å². The number of carbonyl (C=O) groups is 1. The first kappa shape index (κ1) is 15.6. The molecule has 1 aliphatic rings. The number of aromatic nitrogens is 3. The van der Waals surface area contributed by atoms with Crippen molar-refractivity contribution < 1.29 is 13.2 Å².